The molecule has 0 amide bonds. The average Bonchev–Trinajstić information content (AvgIpc) is 3.23. The highest BCUT2D eigenvalue weighted by Gasteiger charge is 2.40. The first-order chi connectivity index (χ1) is 19.1. The number of para-hydroxylation sites is 1. The van der Waals surface area contributed by atoms with Crippen LogP contribution in [0.2, 0.25) is 0 Å². The van der Waals surface area contributed by atoms with E-state index in [-0.39, 0.29) is 11.9 Å². The second kappa shape index (κ2) is 11.0. The summed E-state index contributed by atoms with van der Waals surface area (Å²) in [4.78, 5) is 11.4. The summed E-state index contributed by atoms with van der Waals surface area (Å²) in [5.41, 5.74) is 10.2. The van der Waals surface area contributed by atoms with Gasteiger partial charge in [0.1, 0.15) is 18.1 Å². The number of alkyl halides is 1. The monoisotopic (exact) mass is 529 g/mol. The minimum absolute atomic E-state index is 0.165. The van der Waals surface area contributed by atoms with Crippen molar-refractivity contribution in [3.8, 4) is 28.8 Å². The number of hydrogen-bond acceptors (Lipinski definition) is 9. The Bertz CT molecular complexity index is 1380. The maximum atomic E-state index is 12.9. The number of phenolic OH excluding ortho intramolecular Hbond substituents is 1. The number of morpholine rings is 1. The van der Waals surface area contributed by atoms with Gasteiger partial charge in [0.2, 0.25) is 0 Å². The number of ether oxygens (including phenoxy) is 1. The van der Waals surface area contributed by atoms with Crippen LogP contribution < -0.4 is 15.5 Å². The molecule has 2 bridgehead atoms. The lowest BCUT2D eigenvalue weighted by molar-refractivity contribution is -0.0343. The van der Waals surface area contributed by atoms with Gasteiger partial charge in [0.15, 0.2) is 5.82 Å². The molecule has 0 spiro atoms. The number of anilines is 3. The molecule has 0 radical (unpaired) electrons. The number of pyridine rings is 1. The Morgan fingerprint density at radius 2 is 1.90 bits per heavy atom. The molecule has 0 aliphatic carbocycles. The Balaban J connectivity index is 1.16. The van der Waals surface area contributed by atoms with Crippen LogP contribution in [0.25, 0.3) is 11.3 Å². The lowest BCUT2D eigenvalue weighted by Gasteiger charge is -2.43. The topological polar surface area (TPSA) is 104 Å². The summed E-state index contributed by atoms with van der Waals surface area (Å²) < 4.78 is 18.3. The number of hydrogen-bond donors (Lipinski definition) is 2. The first-order valence-electron chi connectivity index (χ1n) is 13.4. The normalized spacial score (nSPS) is 22.9. The molecule has 202 valence electrons. The molecule has 3 saturated heterocycles. The number of nitrogens with zero attached hydrogens (tertiary/aromatic N) is 6. The fourth-order valence-electron chi connectivity index (χ4n) is 5.90. The van der Waals surface area contributed by atoms with Gasteiger partial charge in [0.05, 0.1) is 30.6 Å². The van der Waals surface area contributed by atoms with E-state index in [2.05, 4.69) is 53.9 Å². The molecule has 3 aliphatic rings. The largest absolute Gasteiger partial charge is 0.507 e. The molecule has 3 fully saturated rings. The number of fused-ring (bicyclic) bond motifs is 2. The van der Waals surface area contributed by atoms with Gasteiger partial charge in [-0.05, 0) is 49.1 Å². The third-order valence-corrected chi connectivity index (χ3v) is 7.76. The predicted molar refractivity (Wildman–Crippen MR) is 148 cm³/mol. The molecule has 3 aliphatic heterocycles. The van der Waals surface area contributed by atoms with Gasteiger partial charge < -0.3 is 25.4 Å². The Morgan fingerprint density at radius 3 is 2.69 bits per heavy atom. The van der Waals surface area contributed by atoms with Crippen LogP contribution >= 0.6 is 0 Å². The fraction of sp³-hybridized carbons (Fsp3) is 0.414. The van der Waals surface area contributed by atoms with Crippen molar-refractivity contribution >= 4 is 17.2 Å². The lowest BCUT2D eigenvalue weighted by Crippen LogP contribution is -2.54. The molecule has 1 aromatic carbocycles. The summed E-state index contributed by atoms with van der Waals surface area (Å²) in [6, 6.07) is 13.8. The molecule has 6 rings (SSSR count). The van der Waals surface area contributed by atoms with Crippen molar-refractivity contribution in [2.75, 3.05) is 61.5 Å². The van der Waals surface area contributed by atoms with Crippen molar-refractivity contribution in [2.45, 2.75) is 31.0 Å². The van der Waals surface area contributed by atoms with Crippen molar-refractivity contribution in [1.29, 1.82) is 0 Å². The third-order valence-electron chi connectivity index (χ3n) is 7.76. The predicted octanol–water partition coefficient (Wildman–Crippen LogP) is 2.71. The molecule has 3 atom stereocenters. The van der Waals surface area contributed by atoms with Crippen LogP contribution in [0.1, 0.15) is 18.5 Å². The van der Waals surface area contributed by atoms with E-state index in [0.29, 0.717) is 48.9 Å². The number of aromatic nitrogens is 3. The summed E-state index contributed by atoms with van der Waals surface area (Å²) in [7, 11) is 0. The van der Waals surface area contributed by atoms with Gasteiger partial charge in [-0.25, -0.2) is 9.37 Å². The van der Waals surface area contributed by atoms with Crippen molar-refractivity contribution in [1.82, 2.24) is 20.1 Å². The zero-order chi connectivity index (χ0) is 26.8. The highest BCUT2D eigenvalue weighted by molar-refractivity contribution is 5.74. The van der Waals surface area contributed by atoms with E-state index in [1.165, 1.54) is 0 Å². The SMILES string of the molecule is Nc1nnc(-c2ccccc2O)cc1N1CC2CCC(C1)N2c1ccnc(C#CCN2CCOC(CF)C2)c1. The van der Waals surface area contributed by atoms with Crippen molar-refractivity contribution in [3.63, 3.8) is 0 Å². The van der Waals surface area contributed by atoms with Gasteiger partial charge >= 0.3 is 0 Å². The summed E-state index contributed by atoms with van der Waals surface area (Å²) in [5.74, 6) is 6.96. The van der Waals surface area contributed by atoms with Crippen LogP contribution in [0.15, 0.2) is 48.7 Å². The van der Waals surface area contributed by atoms with E-state index in [1.807, 2.05) is 24.4 Å². The first kappa shape index (κ1) is 25.3. The molecule has 9 nitrogen and oxygen atoms in total. The van der Waals surface area contributed by atoms with Gasteiger partial charge in [0, 0.05) is 55.7 Å². The fourth-order valence-corrected chi connectivity index (χ4v) is 5.90. The van der Waals surface area contributed by atoms with E-state index in [9.17, 15) is 9.50 Å². The lowest BCUT2D eigenvalue weighted by atomic mass is 10.1. The summed E-state index contributed by atoms with van der Waals surface area (Å²) in [6.45, 7) is 3.59. The molecule has 5 heterocycles. The van der Waals surface area contributed by atoms with Crippen LogP contribution in [0.5, 0.6) is 5.75 Å². The van der Waals surface area contributed by atoms with Crippen molar-refractivity contribution < 1.29 is 14.2 Å². The standard InChI is InChI=1S/C29H32FN7O2/c30-16-24-19-35(12-13-39-24)11-3-4-20-14-21(9-10-32-20)37-22-7-8-23(37)18-36(17-22)27-15-26(33-34-29(27)31)25-5-1-2-6-28(25)38/h1-2,5-6,9-10,14-15,22-24,38H,7-8,11-13,16-19H2,(H2,31,34). The maximum absolute atomic E-state index is 12.9. The van der Waals surface area contributed by atoms with Crippen LogP contribution in [0, 0.1) is 11.8 Å². The van der Waals surface area contributed by atoms with Crippen molar-refractivity contribution in [3.05, 3.63) is 54.4 Å². The van der Waals surface area contributed by atoms with E-state index in [4.69, 9.17) is 10.5 Å². The molecule has 10 heteroatoms. The molecule has 3 aromatic rings. The van der Waals surface area contributed by atoms with Gasteiger partial charge in [-0.2, -0.15) is 0 Å². The number of phenols is 1. The Kier molecular flexibility index (Phi) is 7.18. The second-order valence-corrected chi connectivity index (χ2v) is 10.3. The minimum atomic E-state index is -0.467. The smallest absolute Gasteiger partial charge is 0.169 e. The number of rotatable bonds is 5. The van der Waals surface area contributed by atoms with Gasteiger partial charge in [-0.15, -0.1) is 10.2 Å². The summed E-state index contributed by atoms with van der Waals surface area (Å²) >= 11 is 0. The molecular formula is C29H32FN7O2. The number of piperazine rings is 1. The van der Waals surface area contributed by atoms with Crippen molar-refractivity contribution in [2.24, 2.45) is 0 Å². The average molecular weight is 530 g/mol. The molecule has 39 heavy (non-hydrogen) atoms. The Morgan fingerprint density at radius 1 is 1.08 bits per heavy atom. The highest BCUT2D eigenvalue weighted by Crippen LogP contribution is 2.38. The molecule has 0 saturated carbocycles. The third kappa shape index (κ3) is 5.33. The number of halogens is 1. The van der Waals surface area contributed by atoms with Crippen LogP contribution in [-0.2, 0) is 4.74 Å². The quantitative estimate of drug-likeness (QED) is 0.483. The van der Waals surface area contributed by atoms with Crippen LogP contribution in [0.4, 0.5) is 21.6 Å². The van der Waals surface area contributed by atoms with Crippen LogP contribution in [0.3, 0.4) is 0 Å². The Hall–Kier alpha value is -3.94. The number of aromatic hydroxyl groups is 1. The second-order valence-electron chi connectivity index (χ2n) is 10.3. The maximum Gasteiger partial charge on any atom is 0.169 e. The molecule has 3 N–H and O–H groups in total. The van der Waals surface area contributed by atoms with E-state index >= 15 is 0 Å². The first-order valence-corrected chi connectivity index (χ1v) is 13.4. The summed E-state index contributed by atoms with van der Waals surface area (Å²) in [5, 5.41) is 18.7. The van der Waals surface area contributed by atoms with Gasteiger partial charge in [-0.3, -0.25) is 4.90 Å². The molecule has 3 unspecified atom stereocenters. The highest BCUT2D eigenvalue weighted by atomic mass is 19.1. The number of benzene rings is 1. The number of nitrogen functional groups attached to an aromatic ring is 1. The van der Waals surface area contributed by atoms with Gasteiger partial charge in [0.25, 0.3) is 0 Å². The molecule has 2 aromatic heterocycles. The van der Waals surface area contributed by atoms with E-state index < -0.39 is 6.67 Å². The zero-order valence-corrected chi connectivity index (χ0v) is 21.7. The van der Waals surface area contributed by atoms with E-state index in [0.717, 1.165) is 49.5 Å². The minimum Gasteiger partial charge on any atom is -0.507 e. The number of nitrogens with two attached hydrogens (primary N) is 1. The molecular weight excluding hydrogens is 497 g/mol. The van der Waals surface area contributed by atoms with Gasteiger partial charge in [-0.1, -0.05) is 18.1 Å². The zero-order valence-electron chi connectivity index (χ0n) is 21.7. The summed E-state index contributed by atoms with van der Waals surface area (Å²) in [6.07, 6.45) is 3.64. The van der Waals surface area contributed by atoms with Crippen LogP contribution in [-0.4, -0.2) is 89.4 Å². The Labute approximate surface area is 227 Å². The van der Waals surface area contributed by atoms with E-state index in [1.54, 1.807) is 12.1 Å².